The minimum atomic E-state index is 0.707. The fourth-order valence-electron chi connectivity index (χ4n) is 3.22. The van der Waals surface area contributed by atoms with Crippen LogP contribution < -0.4 is 5.32 Å². The summed E-state index contributed by atoms with van der Waals surface area (Å²) in [6, 6.07) is 20.1. The van der Waals surface area contributed by atoms with Crippen LogP contribution in [0.25, 0.3) is 10.8 Å². The summed E-state index contributed by atoms with van der Waals surface area (Å²) in [5.74, 6) is 0.720. The maximum Gasteiger partial charge on any atom is 0.160 e. The molecule has 2 aromatic heterocycles. The lowest BCUT2D eigenvalue weighted by atomic mass is 10.0. The van der Waals surface area contributed by atoms with Gasteiger partial charge in [-0.25, -0.2) is 0 Å². The van der Waals surface area contributed by atoms with E-state index >= 15 is 0 Å². The molecule has 6 heteroatoms. The molecule has 0 bridgehead atoms. The minimum Gasteiger partial charge on any atom is -0.399 e. The van der Waals surface area contributed by atoms with Gasteiger partial charge in [-0.05, 0) is 36.8 Å². The molecule has 29 heavy (non-hydrogen) atoms. The Bertz CT molecular complexity index is 1160. The van der Waals surface area contributed by atoms with Gasteiger partial charge in [-0.3, -0.25) is 4.98 Å². The van der Waals surface area contributed by atoms with Crippen molar-refractivity contribution >= 4 is 28.0 Å². The zero-order chi connectivity index (χ0) is 20.1. The molecule has 0 unspecified atom stereocenters. The van der Waals surface area contributed by atoms with E-state index in [0.29, 0.717) is 6.42 Å². The highest BCUT2D eigenvalue weighted by Gasteiger charge is 2.10. The second-order valence-electron chi connectivity index (χ2n) is 6.64. The van der Waals surface area contributed by atoms with E-state index < -0.39 is 0 Å². The summed E-state index contributed by atoms with van der Waals surface area (Å²) < 4.78 is 0. The third-order valence-electron chi connectivity index (χ3n) is 4.66. The number of nitrogens with zero attached hydrogens (tertiary/aromatic N) is 4. The average molecular weight is 383 g/mol. The van der Waals surface area contributed by atoms with Crippen molar-refractivity contribution in [3.8, 4) is 0 Å². The summed E-state index contributed by atoms with van der Waals surface area (Å²) in [6.45, 7) is 1.91. The van der Waals surface area contributed by atoms with Gasteiger partial charge in [0, 0.05) is 40.8 Å². The Morgan fingerprint density at radius 3 is 2.55 bits per heavy atom. The molecule has 0 saturated carbocycles. The van der Waals surface area contributed by atoms with Crippen molar-refractivity contribution in [3.63, 3.8) is 0 Å². The first-order chi connectivity index (χ1) is 14.2. The highest BCUT2D eigenvalue weighted by molar-refractivity contribution is 5.99. The van der Waals surface area contributed by atoms with Gasteiger partial charge < -0.3 is 10.2 Å². The van der Waals surface area contributed by atoms with Gasteiger partial charge in [-0.1, -0.05) is 41.6 Å². The Morgan fingerprint density at radius 2 is 1.76 bits per heavy atom. The van der Waals surface area contributed by atoms with Gasteiger partial charge in [-0.15, -0.1) is 5.10 Å². The summed E-state index contributed by atoms with van der Waals surface area (Å²) in [5, 5.41) is 18.5. The van der Waals surface area contributed by atoms with Gasteiger partial charge in [0.05, 0.1) is 11.4 Å². The summed E-state index contributed by atoms with van der Waals surface area (Å²) in [4.78, 5) is 8.96. The van der Waals surface area contributed by atoms with E-state index in [2.05, 4.69) is 37.8 Å². The lowest BCUT2D eigenvalue weighted by molar-refractivity contribution is 0.213. The first kappa shape index (κ1) is 18.6. The maximum absolute atomic E-state index is 4.88. The molecule has 2 heterocycles. The summed E-state index contributed by atoms with van der Waals surface area (Å²) in [7, 11) is 1.54. The number of benzene rings is 2. The van der Waals surface area contributed by atoms with Crippen molar-refractivity contribution in [2.75, 3.05) is 12.4 Å². The van der Waals surface area contributed by atoms with Crippen LogP contribution in [0, 0.1) is 0 Å². The first-order valence-corrected chi connectivity index (χ1v) is 9.33. The number of nitrogens with one attached hydrogen (secondary N) is 1. The molecule has 0 amide bonds. The number of anilines is 2. The van der Waals surface area contributed by atoms with Crippen LogP contribution in [0.2, 0.25) is 0 Å². The molecule has 0 atom stereocenters. The zero-order valence-corrected chi connectivity index (χ0v) is 16.3. The van der Waals surface area contributed by atoms with Gasteiger partial charge in [0.15, 0.2) is 5.82 Å². The Morgan fingerprint density at radius 1 is 0.966 bits per heavy atom. The summed E-state index contributed by atoms with van der Waals surface area (Å²) in [5.41, 5.74) is 4.78. The van der Waals surface area contributed by atoms with E-state index in [9.17, 15) is 0 Å². The van der Waals surface area contributed by atoms with Crippen molar-refractivity contribution in [2.24, 2.45) is 5.16 Å². The van der Waals surface area contributed by atoms with Crippen LogP contribution in [0.3, 0.4) is 0 Å². The molecule has 0 aliphatic heterocycles. The van der Waals surface area contributed by atoms with E-state index in [1.165, 1.54) is 0 Å². The van der Waals surface area contributed by atoms with Crippen LogP contribution in [0.1, 0.15) is 23.7 Å². The maximum atomic E-state index is 4.88. The van der Waals surface area contributed by atoms with Crippen molar-refractivity contribution < 1.29 is 4.84 Å². The average Bonchev–Trinajstić information content (AvgIpc) is 2.76. The zero-order valence-electron chi connectivity index (χ0n) is 16.3. The molecule has 0 fully saturated rings. The van der Waals surface area contributed by atoms with Crippen LogP contribution in [0.4, 0.5) is 11.5 Å². The smallest absolute Gasteiger partial charge is 0.160 e. The normalized spacial score (nSPS) is 11.4. The predicted octanol–water partition coefficient (Wildman–Crippen LogP) is 4.73. The SMILES string of the molecule is CO/N=C(\C)c1cccc(Nc2nnc(Cc3ccncc3)c3ccccc23)c1. The fraction of sp³-hybridized carbons (Fsp3) is 0.130. The number of oxime groups is 1. The standard InChI is InChI=1S/C23H21N5O/c1-16(28-29-2)18-6-5-7-19(15-18)25-23-21-9-4-3-8-20(21)22(26-27-23)14-17-10-12-24-13-11-17/h3-13,15H,14H2,1-2H3,(H,25,27)/b28-16+. The first-order valence-electron chi connectivity index (χ1n) is 9.33. The molecule has 0 aliphatic carbocycles. The van der Waals surface area contributed by atoms with E-state index in [1.807, 2.05) is 55.5 Å². The molecule has 4 aromatic rings. The van der Waals surface area contributed by atoms with Crippen LogP contribution >= 0.6 is 0 Å². The number of hydrogen-bond donors (Lipinski definition) is 1. The lowest BCUT2D eigenvalue weighted by Crippen LogP contribution is -2.03. The molecular weight excluding hydrogens is 362 g/mol. The van der Waals surface area contributed by atoms with Gasteiger partial charge in [0.1, 0.15) is 7.11 Å². The van der Waals surface area contributed by atoms with Crippen molar-refractivity contribution in [1.29, 1.82) is 0 Å². The largest absolute Gasteiger partial charge is 0.399 e. The second kappa shape index (κ2) is 8.48. The Labute approximate surface area is 169 Å². The molecule has 144 valence electrons. The minimum absolute atomic E-state index is 0.707. The molecule has 0 radical (unpaired) electrons. The van der Waals surface area contributed by atoms with Crippen LogP contribution in [-0.4, -0.2) is 28.0 Å². The van der Waals surface area contributed by atoms with Gasteiger partial charge in [-0.2, -0.15) is 5.10 Å². The topological polar surface area (TPSA) is 72.3 Å². The quantitative estimate of drug-likeness (QED) is 0.385. The second-order valence-corrected chi connectivity index (χ2v) is 6.64. The number of aromatic nitrogens is 3. The lowest BCUT2D eigenvalue weighted by Gasteiger charge is -2.12. The van der Waals surface area contributed by atoms with Crippen molar-refractivity contribution in [2.45, 2.75) is 13.3 Å². The highest BCUT2D eigenvalue weighted by atomic mass is 16.6. The third-order valence-corrected chi connectivity index (χ3v) is 4.66. The van der Waals surface area contributed by atoms with Gasteiger partial charge in [0.2, 0.25) is 0 Å². The number of pyridine rings is 1. The van der Waals surface area contributed by atoms with Gasteiger partial charge in [0.25, 0.3) is 0 Å². The number of rotatable bonds is 6. The predicted molar refractivity (Wildman–Crippen MR) is 116 cm³/mol. The van der Waals surface area contributed by atoms with Crippen LogP contribution in [-0.2, 0) is 11.3 Å². The van der Waals surface area contributed by atoms with Crippen LogP contribution in [0.5, 0.6) is 0 Å². The van der Waals surface area contributed by atoms with E-state index in [4.69, 9.17) is 4.84 Å². The molecule has 0 aliphatic rings. The number of fused-ring (bicyclic) bond motifs is 1. The van der Waals surface area contributed by atoms with Crippen molar-refractivity contribution in [1.82, 2.24) is 15.2 Å². The molecule has 0 spiro atoms. The molecule has 1 N–H and O–H groups in total. The van der Waals surface area contributed by atoms with E-state index in [0.717, 1.165) is 44.8 Å². The molecular formula is C23H21N5O. The summed E-state index contributed by atoms with van der Waals surface area (Å²) >= 11 is 0. The molecule has 6 nitrogen and oxygen atoms in total. The Hall–Kier alpha value is -3.80. The number of hydrogen-bond acceptors (Lipinski definition) is 6. The molecule has 4 rings (SSSR count). The summed E-state index contributed by atoms with van der Waals surface area (Å²) in [6.07, 6.45) is 4.30. The fourth-order valence-corrected chi connectivity index (χ4v) is 3.22. The van der Waals surface area contributed by atoms with Gasteiger partial charge >= 0.3 is 0 Å². The molecule has 0 saturated heterocycles. The monoisotopic (exact) mass is 383 g/mol. The van der Waals surface area contributed by atoms with E-state index in [1.54, 1.807) is 19.5 Å². The third kappa shape index (κ3) is 4.21. The van der Waals surface area contributed by atoms with Crippen molar-refractivity contribution in [3.05, 3.63) is 89.9 Å². The van der Waals surface area contributed by atoms with E-state index in [-0.39, 0.29) is 0 Å². The Kier molecular flexibility index (Phi) is 5.42. The molecule has 2 aromatic carbocycles. The Balaban J connectivity index is 1.68. The van der Waals surface area contributed by atoms with Crippen LogP contribution in [0.15, 0.2) is 78.2 Å². The highest BCUT2D eigenvalue weighted by Crippen LogP contribution is 2.27.